The Bertz CT molecular complexity index is 3000. The van der Waals surface area contributed by atoms with E-state index in [-0.39, 0.29) is 5.41 Å². The highest BCUT2D eigenvalue weighted by Gasteiger charge is 2.62. The largest absolute Gasteiger partial charge is 0.456 e. The lowest BCUT2D eigenvalue weighted by Crippen LogP contribution is -2.55. The molecule has 3 heteroatoms. The summed E-state index contributed by atoms with van der Waals surface area (Å²) in [5.41, 5.74) is 12.0. The zero-order chi connectivity index (χ0) is 34.4. The second-order valence-electron chi connectivity index (χ2n) is 16.5. The van der Waals surface area contributed by atoms with Crippen LogP contribution in [0.15, 0.2) is 138 Å². The van der Waals surface area contributed by atoms with Gasteiger partial charge in [0.1, 0.15) is 11.2 Å². The first-order chi connectivity index (χ1) is 26.2. The number of hydrogen-bond acceptors (Lipinski definition) is 3. The van der Waals surface area contributed by atoms with Crippen molar-refractivity contribution in [2.75, 3.05) is 0 Å². The van der Waals surface area contributed by atoms with Crippen LogP contribution >= 0.6 is 0 Å². The fraction of sp³-hybridized carbons (Fsp3) is 0.200. The van der Waals surface area contributed by atoms with Gasteiger partial charge in [-0.1, -0.05) is 103 Å². The van der Waals surface area contributed by atoms with Gasteiger partial charge in [-0.3, -0.25) is 0 Å². The zero-order valence-corrected chi connectivity index (χ0v) is 29.3. The minimum Gasteiger partial charge on any atom is -0.456 e. The maximum atomic E-state index is 7.14. The zero-order valence-electron chi connectivity index (χ0n) is 29.3. The first-order valence-electron chi connectivity index (χ1n) is 19.5. The molecule has 4 saturated carbocycles. The number of hydrogen-bond donors (Lipinski definition) is 0. The summed E-state index contributed by atoms with van der Waals surface area (Å²) in [4.78, 5) is 10.6. The maximum absolute atomic E-state index is 7.14. The van der Waals surface area contributed by atoms with Crippen LogP contribution in [0.25, 0.3) is 88.2 Å². The van der Waals surface area contributed by atoms with Crippen molar-refractivity contribution in [3.8, 4) is 33.8 Å². The normalized spacial score (nSPS) is 23.9. The number of aromatic nitrogens is 2. The van der Waals surface area contributed by atoms with E-state index in [4.69, 9.17) is 14.4 Å². The molecule has 0 saturated heterocycles. The topological polar surface area (TPSA) is 38.9 Å². The molecule has 1 spiro atoms. The minimum absolute atomic E-state index is 0.00539. The van der Waals surface area contributed by atoms with Gasteiger partial charge in [0.25, 0.3) is 0 Å². The molecule has 2 heterocycles. The van der Waals surface area contributed by atoms with Gasteiger partial charge < -0.3 is 4.42 Å². The standard InChI is InChI=1S/C50H36N2O/c1-2-10-32(11-3-1)46-40-17-14-31-9-5-7-13-37(31)47(40)52-49(51-46)33-16-21-43-41(27-33)38-18-19-39-44-36-12-6-4-8-30(36)15-20-42(44)50(45(39)48(38)53-43)34-23-28-22-29(25-34)26-35(50)24-28/h1-21,27-29,34-35H,22-26H2. The Balaban J connectivity index is 1.07. The van der Waals surface area contributed by atoms with E-state index in [1.807, 2.05) is 0 Å². The minimum atomic E-state index is 0.00539. The van der Waals surface area contributed by atoms with Crippen LogP contribution in [0.3, 0.4) is 0 Å². The molecular formula is C50H36N2O. The van der Waals surface area contributed by atoms with Crippen LogP contribution in [-0.2, 0) is 5.41 Å². The molecule has 4 fully saturated rings. The van der Waals surface area contributed by atoms with Gasteiger partial charge in [-0.25, -0.2) is 9.97 Å². The van der Waals surface area contributed by atoms with Gasteiger partial charge in [0, 0.05) is 43.7 Å². The van der Waals surface area contributed by atoms with Crippen LogP contribution in [0.2, 0.25) is 0 Å². The van der Waals surface area contributed by atoms with Crippen LogP contribution < -0.4 is 0 Å². The second kappa shape index (κ2) is 10.2. The second-order valence-corrected chi connectivity index (χ2v) is 16.5. The van der Waals surface area contributed by atoms with Crippen molar-refractivity contribution in [3.63, 3.8) is 0 Å². The first kappa shape index (κ1) is 28.7. The summed E-state index contributed by atoms with van der Waals surface area (Å²) in [6.07, 6.45) is 6.82. The van der Waals surface area contributed by atoms with E-state index in [0.717, 1.165) is 67.3 Å². The lowest BCUT2D eigenvalue weighted by molar-refractivity contribution is -0.0396. The summed E-state index contributed by atoms with van der Waals surface area (Å²) in [6.45, 7) is 0. The summed E-state index contributed by atoms with van der Waals surface area (Å²) in [6, 6.07) is 48.7. The Morgan fingerprint density at radius 2 is 1.23 bits per heavy atom. The van der Waals surface area contributed by atoms with Crippen molar-refractivity contribution in [1.82, 2.24) is 9.97 Å². The average molecular weight is 681 g/mol. The van der Waals surface area contributed by atoms with Crippen molar-refractivity contribution in [2.24, 2.45) is 23.7 Å². The Morgan fingerprint density at radius 1 is 0.528 bits per heavy atom. The summed E-state index contributed by atoms with van der Waals surface area (Å²) in [7, 11) is 0. The highest BCUT2D eigenvalue weighted by atomic mass is 16.3. The van der Waals surface area contributed by atoms with E-state index in [2.05, 4.69) is 133 Å². The van der Waals surface area contributed by atoms with Crippen LogP contribution in [0.5, 0.6) is 0 Å². The van der Waals surface area contributed by atoms with Crippen LogP contribution in [-0.4, -0.2) is 9.97 Å². The molecule has 5 aliphatic carbocycles. The molecule has 4 bridgehead atoms. The summed E-state index contributed by atoms with van der Waals surface area (Å²) >= 11 is 0. The molecule has 14 rings (SSSR count). The molecule has 2 aromatic heterocycles. The highest BCUT2D eigenvalue weighted by molar-refractivity contribution is 6.13. The molecule has 0 unspecified atom stereocenters. The molecule has 9 aromatic rings. The lowest BCUT2D eigenvalue weighted by atomic mass is 9.43. The van der Waals surface area contributed by atoms with Crippen LogP contribution in [0.1, 0.15) is 43.2 Å². The molecule has 53 heavy (non-hydrogen) atoms. The monoisotopic (exact) mass is 680 g/mol. The molecule has 0 N–H and O–H groups in total. The summed E-state index contributed by atoms with van der Waals surface area (Å²) < 4.78 is 7.14. The Labute approximate surface area is 307 Å². The smallest absolute Gasteiger partial charge is 0.160 e. The molecule has 3 nitrogen and oxygen atoms in total. The van der Waals surface area contributed by atoms with Crippen molar-refractivity contribution in [2.45, 2.75) is 37.5 Å². The number of fused-ring (bicyclic) bond motifs is 12. The van der Waals surface area contributed by atoms with Gasteiger partial charge in [-0.15, -0.1) is 0 Å². The third-order valence-electron chi connectivity index (χ3n) is 14.0. The van der Waals surface area contributed by atoms with E-state index in [1.165, 1.54) is 70.3 Å². The fourth-order valence-electron chi connectivity index (χ4n) is 12.2. The van der Waals surface area contributed by atoms with E-state index in [9.17, 15) is 0 Å². The van der Waals surface area contributed by atoms with Crippen molar-refractivity contribution < 1.29 is 4.42 Å². The molecule has 0 atom stereocenters. The van der Waals surface area contributed by atoms with Gasteiger partial charge in [0.2, 0.25) is 0 Å². The van der Waals surface area contributed by atoms with Gasteiger partial charge in [0.05, 0.1) is 11.2 Å². The van der Waals surface area contributed by atoms with E-state index in [0.29, 0.717) is 11.8 Å². The first-order valence-corrected chi connectivity index (χ1v) is 19.5. The molecule has 252 valence electrons. The van der Waals surface area contributed by atoms with Crippen molar-refractivity contribution in [1.29, 1.82) is 0 Å². The molecule has 5 aliphatic rings. The van der Waals surface area contributed by atoms with Gasteiger partial charge in [-0.2, -0.15) is 0 Å². The molecule has 0 aliphatic heterocycles. The van der Waals surface area contributed by atoms with Gasteiger partial charge in [-0.05, 0) is 119 Å². The summed E-state index contributed by atoms with van der Waals surface area (Å²) in [5, 5.41) is 8.45. The quantitative estimate of drug-likeness (QED) is 0.171. The van der Waals surface area contributed by atoms with E-state index < -0.39 is 0 Å². The third-order valence-corrected chi connectivity index (χ3v) is 14.0. The molecular weight excluding hydrogens is 645 g/mol. The van der Waals surface area contributed by atoms with E-state index in [1.54, 1.807) is 5.56 Å². The molecule has 0 amide bonds. The summed E-state index contributed by atoms with van der Waals surface area (Å²) in [5.74, 6) is 3.82. The third kappa shape index (κ3) is 3.70. The van der Waals surface area contributed by atoms with Crippen molar-refractivity contribution in [3.05, 3.63) is 145 Å². The van der Waals surface area contributed by atoms with Gasteiger partial charge in [0.15, 0.2) is 5.82 Å². The lowest BCUT2D eigenvalue weighted by Gasteiger charge is -2.61. The number of rotatable bonds is 2. The van der Waals surface area contributed by atoms with Crippen molar-refractivity contribution >= 4 is 54.4 Å². The molecule has 0 radical (unpaired) electrons. The van der Waals surface area contributed by atoms with Crippen LogP contribution in [0, 0.1) is 23.7 Å². The predicted molar refractivity (Wildman–Crippen MR) is 216 cm³/mol. The van der Waals surface area contributed by atoms with E-state index >= 15 is 0 Å². The number of nitrogens with zero attached hydrogens (tertiary/aromatic N) is 2. The Kier molecular flexibility index (Phi) is 5.53. The van der Waals surface area contributed by atoms with Crippen LogP contribution in [0.4, 0.5) is 0 Å². The SMILES string of the molecule is c1ccc(-c2nc(-c3ccc4oc5c6c(ccc5c4c3)-c3c(ccc4ccccc34)C63C4CC5CC(C4)CC3C5)nc3c2ccc2ccccc23)cc1. The Hall–Kier alpha value is -5.80. The number of benzene rings is 7. The average Bonchev–Trinajstić information content (AvgIpc) is 3.73. The fourth-order valence-corrected chi connectivity index (χ4v) is 12.2. The highest BCUT2D eigenvalue weighted by Crippen LogP contribution is 2.71. The maximum Gasteiger partial charge on any atom is 0.160 e. The molecule has 7 aromatic carbocycles. The number of furan rings is 1. The Morgan fingerprint density at radius 3 is 2.04 bits per heavy atom. The predicted octanol–water partition coefficient (Wildman–Crippen LogP) is 12.9. The van der Waals surface area contributed by atoms with Gasteiger partial charge >= 0.3 is 0 Å².